The predicted molar refractivity (Wildman–Crippen MR) is 111 cm³/mol. The molecule has 1 amide bonds. The number of amides is 1. The van der Waals surface area contributed by atoms with Gasteiger partial charge in [-0.15, -0.1) is 0 Å². The maximum atomic E-state index is 13.0. The molecule has 0 saturated heterocycles. The molecule has 150 valence electrons. The van der Waals surface area contributed by atoms with Crippen LogP contribution in [-0.4, -0.2) is 20.9 Å². The molecular formula is C22H21FN2O3S. The molecule has 0 radical (unpaired) electrons. The number of benzene rings is 3. The van der Waals surface area contributed by atoms with Gasteiger partial charge < -0.3 is 10.6 Å². The van der Waals surface area contributed by atoms with Crippen LogP contribution in [0.25, 0.3) is 0 Å². The number of nitrogens with one attached hydrogen (secondary N) is 2. The van der Waals surface area contributed by atoms with Gasteiger partial charge in [-0.2, -0.15) is 0 Å². The summed E-state index contributed by atoms with van der Waals surface area (Å²) in [7, 11) is -3.68. The van der Waals surface area contributed by atoms with Crippen molar-refractivity contribution < 1.29 is 17.6 Å². The molecule has 0 unspecified atom stereocenters. The van der Waals surface area contributed by atoms with Gasteiger partial charge >= 0.3 is 0 Å². The van der Waals surface area contributed by atoms with Gasteiger partial charge in [-0.1, -0.05) is 23.8 Å². The Bertz CT molecular complexity index is 1130. The third-order valence-corrected chi connectivity index (χ3v) is 6.39. The number of rotatable bonds is 6. The number of carbonyl (C=O) groups is 1. The molecule has 0 heterocycles. The summed E-state index contributed by atoms with van der Waals surface area (Å²) >= 11 is 0. The van der Waals surface area contributed by atoms with Gasteiger partial charge in [0.2, 0.25) is 15.7 Å². The normalized spacial score (nSPS) is 11.1. The van der Waals surface area contributed by atoms with E-state index in [0.29, 0.717) is 16.9 Å². The van der Waals surface area contributed by atoms with E-state index in [0.717, 1.165) is 5.56 Å². The van der Waals surface area contributed by atoms with Gasteiger partial charge in [0.25, 0.3) is 0 Å². The molecular weight excluding hydrogens is 391 g/mol. The fourth-order valence-corrected chi connectivity index (χ4v) is 4.37. The zero-order valence-corrected chi connectivity index (χ0v) is 16.9. The summed E-state index contributed by atoms with van der Waals surface area (Å²) in [5, 5.41) is 5.62. The van der Waals surface area contributed by atoms with Crippen molar-refractivity contribution in [1.29, 1.82) is 0 Å². The molecule has 5 nitrogen and oxygen atoms in total. The van der Waals surface area contributed by atoms with Crippen LogP contribution in [0.2, 0.25) is 0 Å². The van der Waals surface area contributed by atoms with E-state index in [1.807, 2.05) is 6.92 Å². The summed E-state index contributed by atoms with van der Waals surface area (Å²) < 4.78 is 38.9. The number of halogens is 1. The maximum Gasteiger partial charge on any atom is 0.243 e. The summed E-state index contributed by atoms with van der Waals surface area (Å²) in [6.45, 7) is 3.52. The highest BCUT2D eigenvalue weighted by atomic mass is 32.2. The van der Waals surface area contributed by atoms with E-state index in [1.165, 1.54) is 24.3 Å². The summed E-state index contributed by atoms with van der Waals surface area (Å²) in [6, 6.07) is 17.0. The number of hydrogen-bond acceptors (Lipinski definition) is 4. The predicted octanol–water partition coefficient (Wildman–Crippen LogP) is 4.33. The average Bonchev–Trinajstić information content (AvgIpc) is 2.69. The standard InChI is InChI=1S/C22H21FN2O3S/c1-15-6-12-19(13-7-15)29(27,28)21-5-3-4-20(16(21)2)24-14-22(26)25-18-10-8-17(23)9-11-18/h3-13,24H,14H2,1-2H3,(H,25,26). The Hall–Kier alpha value is -3.19. The second-order valence-corrected chi connectivity index (χ2v) is 8.57. The molecule has 0 atom stereocenters. The van der Waals surface area contributed by atoms with Crippen LogP contribution in [0.15, 0.2) is 76.5 Å². The van der Waals surface area contributed by atoms with Crippen LogP contribution in [0.4, 0.5) is 15.8 Å². The number of hydrogen-bond donors (Lipinski definition) is 2. The summed E-state index contributed by atoms with van der Waals surface area (Å²) in [6.07, 6.45) is 0. The number of carbonyl (C=O) groups excluding carboxylic acids is 1. The highest BCUT2D eigenvalue weighted by molar-refractivity contribution is 7.91. The molecule has 29 heavy (non-hydrogen) atoms. The first-order chi connectivity index (χ1) is 13.8. The van der Waals surface area contributed by atoms with Crippen molar-refractivity contribution in [1.82, 2.24) is 0 Å². The van der Waals surface area contributed by atoms with Crippen LogP contribution in [0.3, 0.4) is 0 Å². The fourth-order valence-electron chi connectivity index (χ4n) is 2.86. The van der Waals surface area contributed by atoms with Crippen molar-refractivity contribution >= 4 is 27.1 Å². The Morgan fingerprint density at radius 2 is 1.59 bits per heavy atom. The lowest BCUT2D eigenvalue weighted by Crippen LogP contribution is -2.22. The third-order valence-electron chi connectivity index (χ3n) is 4.47. The lowest BCUT2D eigenvalue weighted by atomic mass is 10.2. The minimum absolute atomic E-state index is 0.0632. The van der Waals surface area contributed by atoms with Gasteiger partial charge in [0.05, 0.1) is 16.3 Å². The molecule has 2 N–H and O–H groups in total. The van der Waals surface area contributed by atoms with E-state index in [1.54, 1.807) is 49.4 Å². The van der Waals surface area contributed by atoms with E-state index in [2.05, 4.69) is 10.6 Å². The molecule has 3 aromatic carbocycles. The molecule has 0 fully saturated rings. The molecule has 0 spiro atoms. The zero-order valence-electron chi connectivity index (χ0n) is 16.1. The van der Waals surface area contributed by atoms with E-state index in [-0.39, 0.29) is 28.1 Å². The molecule has 0 aromatic heterocycles. The molecule has 0 bridgehead atoms. The first-order valence-electron chi connectivity index (χ1n) is 8.98. The highest BCUT2D eigenvalue weighted by Gasteiger charge is 2.21. The van der Waals surface area contributed by atoms with Gasteiger partial charge in [0.15, 0.2) is 0 Å². The van der Waals surface area contributed by atoms with Crippen LogP contribution < -0.4 is 10.6 Å². The van der Waals surface area contributed by atoms with Crippen molar-refractivity contribution in [3.8, 4) is 0 Å². The number of aryl methyl sites for hydroxylation is 1. The second kappa shape index (κ2) is 8.45. The van der Waals surface area contributed by atoms with Crippen molar-refractivity contribution in [2.24, 2.45) is 0 Å². The second-order valence-electron chi connectivity index (χ2n) is 6.65. The van der Waals surface area contributed by atoms with Gasteiger partial charge in [-0.25, -0.2) is 12.8 Å². The highest BCUT2D eigenvalue weighted by Crippen LogP contribution is 2.28. The van der Waals surface area contributed by atoms with Gasteiger partial charge in [0, 0.05) is 11.4 Å². The molecule has 0 aliphatic rings. The maximum absolute atomic E-state index is 13.0. The molecule has 3 rings (SSSR count). The molecule has 7 heteroatoms. The quantitative estimate of drug-likeness (QED) is 0.632. The largest absolute Gasteiger partial charge is 0.376 e. The molecule has 3 aromatic rings. The molecule has 0 aliphatic carbocycles. The van der Waals surface area contributed by atoms with Crippen LogP contribution >= 0.6 is 0 Å². The van der Waals surface area contributed by atoms with Crippen LogP contribution in [-0.2, 0) is 14.6 Å². The number of sulfone groups is 1. The van der Waals surface area contributed by atoms with Gasteiger partial charge in [-0.05, 0) is 67.9 Å². The van der Waals surface area contributed by atoms with Crippen molar-refractivity contribution in [2.45, 2.75) is 23.6 Å². The van der Waals surface area contributed by atoms with Crippen molar-refractivity contribution in [3.63, 3.8) is 0 Å². The minimum Gasteiger partial charge on any atom is -0.376 e. The Balaban J connectivity index is 1.75. The molecule has 0 saturated carbocycles. The SMILES string of the molecule is Cc1ccc(S(=O)(=O)c2cccc(NCC(=O)Nc3ccc(F)cc3)c2C)cc1. The van der Waals surface area contributed by atoms with Crippen molar-refractivity contribution in [2.75, 3.05) is 17.2 Å². The Morgan fingerprint density at radius 1 is 0.931 bits per heavy atom. The van der Waals surface area contributed by atoms with Crippen LogP contribution in [0.5, 0.6) is 0 Å². The summed E-state index contributed by atoms with van der Waals surface area (Å²) in [5.41, 5.74) is 2.53. The summed E-state index contributed by atoms with van der Waals surface area (Å²) in [5.74, 6) is -0.717. The van der Waals surface area contributed by atoms with Crippen LogP contribution in [0.1, 0.15) is 11.1 Å². The topological polar surface area (TPSA) is 75.3 Å². The Kier molecular flexibility index (Phi) is 5.98. The van der Waals surface area contributed by atoms with E-state index >= 15 is 0 Å². The van der Waals surface area contributed by atoms with E-state index < -0.39 is 9.84 Å². The Morgan fingerprint density at radius 3 is 2.24 bits per heavy atom. The lowest BCUT2D eigenvalue weighted by Gasteiger charge is -2.14. The average molecular weight is 412 g/mol. The number of anilines is 2. The third kappa shape index (κ3) is 4.81. The Labute approximate surface area is 169 Å². The fraction of sp³-hybridized carbons (Fsp3) is 0.136. The van der Waals surface area contributed by atoms with E-state index in [4.69, 9.17) is 0 Å². The van der Waals surface area contributed by atoms with Gasteiger partial charge in [-0.3, -0.25) is 4.79 Å². The van der Waals surface area contributed by atoms with E-state index in [9.17, 15) is 17.6 Å². The monoisotopic (exact) mass is 412 g/mol. The lowest BCUT2D eigenvalue weighted by molar-refractivity contribution is -0.114. The first-order valence-corrected chi connectivity index (χ1v) is 10.5. The first kappa shape index (κ1) is 20.5. The van der Waals surface area contributed by atoms with Crippen molar-refractivity contribution in [3.05, 3.63) is 83.7 Å². The zero-order chi connectivity index (χ0) is 21.0. The molecule has 0 aliphatic heterocycles. The van der Waals surface area contributed by atoms with Crippen LogP contribution in [0, 0.1) is 19.7 Å². The van der Waals surface area contributed by atoms with Gasteiger partial charge in [0.1, 0.15) is 5.82 Å². The minimum atomic E-state index is -3.68. The smallest absolute Gasteiger partial charge is 0.243 e. The summed E-state index contributed by atoms with van der Waals surface area (Å²) in [4.78, 5) is 12.5.